The SMILES string of the molecule is CCN(CC)S(=O)(=O)c1cccc(-c2nnc3n2N=C(c2ccccc2)CS3)c1. The average Bonchev–Trinajstić information content (AvgIpc) is 3.18. The fourth-order valence-electron chi connectivity index (χ4n) is 3.19. The molecule has 7 nitrogen and oxygen atoms in total. The molecule has 3 aromatic rings. The van der Waals surface area contributed by atoms with Crippen molar-refractivity contribution in [2.75, 3.05) is 18.8 Å². The first-order valence-corrected chi connectivity index (χ1v) is 11.8. The molecule has 29 heavy (non-hydrogen) atoms. The highest BCUT2D eigenvalue weighted by Gasteiger charge is 2.24. The monoisotopic (exact) mass is 427 g/mol. The lowest BCUT2D eigenvalue weighted by atomic mass is 10.1. The van der Waals surface area contributed by atoms with Crippen LogP contribution in [0.2, 0.25) is 0 Å². The molecule has 2 heterocycles. The van der Waals surface area contributed by atoms with E-state index in [1.807, 2.05) is 50.2 Å². The standard InChI is InChI=1S/C20H21N5O2S2/c1-3-24(4-2)29(26,27)17-12-8-11-16(13-17)19-21-22-20-25(19)23-18(14-28-20)15-9-6-5-7-10-15/h5-13H,3-4,14H2,1-2H3. The molecule has 1 aliphatic rings. The third-order valence-corrected chi connectivity index (χ3v) is 7.69. The van der Waals surface area contributed by atoms with Gasteiger partial charge in [0.15, 0.2) is 5.82 Å². The Hall–Kier alpha value is -2.49. The molecule has 0 aliphatic carbocycles. The molecule has 0 bridgehead atoms. The van der Waals surface area contributed by atoms with E-state index in [1.165, 1.54) is 4.31 Å². The first kappa shape index (κ1) is 19.8. The summed E-state index contributed by atoms with van der Waals surface area (Å²) in [6, 6.07) is 16.8. The van der Waals surface area contributed by atoms with Gasteiger partial charge in [0, 0.05) is 24.4 Å². The van der Waals surface area contributed by atoms with Gasteiger partial charge in [0.05, 0.1) is 10.6 Å². The van der Waals surface area contributed by atoms with Crippen LogP contribution >= 0.6 is 11.8 Å². The number of nitrogens with zero attached hydrogens (tertiary/aromatic N) is 5. The van der Waals surface area contributed by atoms with Crippen LogP contribution in [0.15, 0.2) is 69.8 Å². The maximum Gasteiger partial charge on any atom is 0.243 e. The second kappa shape index (κ2) is 8.10. The molecule has 9 heteroatoms. The van der Waals surface area contributed by atoms with Gasteiger partial charge in [-0.3, -0.25) is 0 Å². The molecule has 0 saturated carbocycles. The van der Waals surface area contributed by atoms with Crippen LogP contribution in [-0.4, -0.2) is 52.2 Å². The van der Waals surface area contributed by atoms with Crippen molar-refractivity contribution < 1.29 is 8.42 Å². The predicted molar refractivity (Wildman–Crippen MR) is 115 cm³/mol. The number of aromatic nitrogens is 3. The Balaban J connectivity index is 1.76. The Morgan fingerprint density at radius 1 is 1.00 bits per heavy atom. The minimum Gasteiger partial charge on any atom is -0.207 e. The van der Waals surface area contributed by atoms with Crippen molar-refractivity contribution >= 4 is 27.5 Å². The van der Waals surface area contributed by atoms with E-state index < -0.39 is 10.0 Å². The molecule has 150 valence electrons. The molecule has 0 fully saturated rings. The van der Waals surface area contributed by atoms with Crippen LogP contribution in [0.1, 0.15) is 19.4 Å². The van der Waals surface area contributed by atoms with E-state index in [0.29, 0.717) is 35.4 Å². The van der Waals surface area contributed by atoms with Gasteiger partial charge in [-0.25, -0.2) is 8.42 Å². The Morgan fingerprint density at radius 2 is 1.72 bits per heavy atom. The summed E-state index contributed by atoms with van der Waals surface area (Å²) in [4.78, 5) is 0.242. The molecule has 1 aromatic heterocycles. The van der Waals surface area contributed by atoms with Gasteiger partial charge in [-0.15, -0.1) is 10.2 Å². The molecule has 0 radical (unpaired) electrons. The van der Waals surface area contributed by atoms with E-state index in [2.05, 4.69) is 10.2 Å². The van der Waals surface area contributed by atoms with Crippen LogP contribution in [0.3, 0.4) is 0 Å². The molecule has 0 amide bonds. The number of sulfonamides is 1. The van der Waals surface area contributed by atoms with Crippen molar-refractivity contribution in [3.8, 4) is 11.4 Å². The summed E-state index contributed by atoms with van der Waals surface area (Å²) < 4.78 is 28.9. The van der Waals surface area contributed by atoms with E-state index in [9.17, 15) is 8.42 Å². The summed E-state index contributed by atoms with van der Waals surface area (Å²) in [5.41, 5.74) is 2.63. The molecular weight excluding hydrogens is 406 g/mol. The van der Waals surface area contributed by atoms with Crippen LogP contribution < -0.4 is 0 Å². The first-order valence-electron chi connectivity index (χ1n) is 9.36. The lowest BCUT2D eigenvalue weighted by molar-refractivity contribution is 0.445. The van der Waals surface area contributed by atoms with Gasteiger partial charge in [-0.1, -0.05) is 68.1 Å². The Kier molecular flexibility index (Phi) is 5.53. The molecule has 4 rings (SSSR count). The zero-order valence-corrected chi connectivity index (χ0v) is 17.8. The van der Waals surface area contributed by atoms with Gasteiger partial charge in [-0.2, -0.15) is 14.1 Å². The summed E-state index contributed by atoms with van der Waals surface area (Å²) in [5, 5.41) is 13.9. The maximum absolute atomic E-state index is 12.9. The highest BCUT2D eigenvalue weighted by Crippen LogP contribution is 2.30. The Morgan fingerprint density at radius 3 is 2.45 bits per heavy atom. The van der Waals surface area contributed by atoms with Crippen LogP contribution in [0.5, 0.6) is 0 Å². The summed E-state index contributed by atoms with van der Waals surface area (Å²) in [6.07, 6.45) is 0. The van der Waals surface area contributed by atoms with Crippen molar-refractivity contribution in [3.05, 3.63) is 60.2 Å². The summed E-state index contributed by atoms with van der Waals surface area (Å²) in [6.45, 7) is 4.50. The van der Waals surface area contributed by atoms with Gasteiger partial charge in [0.1, 0.15) is 0 Å². The second-order valence-corrected chi connectivity index (χ2v) is 9.32. The van der Waals surface area contributed by atoms with E-state index >= 15 is 0 Å². The highest BCUT2D eigenvalue weighted by atomic mass is 32.2. The first-order chi connectivity index (χ1) is 14.0. The highest BCUT2D eigenvalue weighted by molar-refractivity contribution is 7.99. The zero-order valence-electron chi connectivity index (χ0n) is 16.2. The van der Waals surface area contributed by atoms with E-state index in [-0.39, 0.29) is 4.90 Å². The van der Waals surface area contributed by atoms with Crippen molar-refractivity contribution in [2.24, 2.45) is 5.10 Å². The topological polar surface area (TPSA) is 80.5 Å². The van der Waals surface area contributed by atoms with Gasteiger partial charge in [-0.05, 0) is 17.7 Å². The fraction of sp³-hybridized carbons (Fsp3) is 0.250. The molecular formula is C20H21N5O2S2. The van der Waals surface area contributed by atoms with Crippen molar-refractivity contribution in [3.63, 3.8) is 0 Å². The fourth-order valence-corrected chi connectivity index (χ4v) is 5.53. The molecule has 0 N–H and O–H groups in total. The van der Waals surface area contributed by atoms with Crippen molar-refractivity contribution in [1.29, 1.82) is 0 Å². The smallest absolute Gasteiger partial charge is 0.207 e. The lowest BCUT2D eigenvalue weighted by Crippen LogP contribution is -2.30. The minimum atomic E-state index is -3.55. The number of hydrogen-bond acceptors (Lipinski definition) is 6. The van der Waals surface area contributed by atoms with Gasteiger partial charge >= 0.3 is 0 Å². The molecule has 0 spiro atoms. The van der Waals surface area contributed by atoms with Gasteiger partial charge in [0.2, 0.25) is 15.2 Å². The number of fused-ring (bicyclic) bond motifs is 1. The number of benzene rings is 2. The third kappa shape index (κ3) is 3.73. The number of thioether (sulfide) groups is 1. The molecule has 0 atom stereocenters. The molecule has 0 unspecified atom stereocenters. The van der Waals surface area contributed by atoms with Crippen molar-refractivity contribution in [2.45, 2.75) is 23.9 Å². The van der Waals surface area contributed by atoms with E-state index in [0.717, 1.165) is 11.3 Å². The van der Waals surface area contributed by atoms with Crippen LogP contribution in [0, 0.1) is 0 Å². The minimum absolute atomic E-state index is 0.242. The quantitative estimate of drug-likeness (QED) is 0.603. The molecule has 1 aliphatic heterocycles. The van der Waals surface area contributed by atoms with Gasteiger partial charge < -0.3 is 0 Å². The van der Waals surface area contributed by atoms with Crippen molar-refractivity contribution in [1.82, 2.24) is 19.2 Å². The molecule has 2 aromatic carbocycles. The van der Waals surface area contributed by atoms with Crippen LogP contribution in [0.25, 0.3) is 11.4 Å². The second-order valence-electron chi connectivity index (χ2n) is 6.44. The van der Waals surface area contributed by atoms with Crippen LogP contribution in [0.4, 0.5) is 0 Å². The average molecular weight is 428 g/mol. The predicted octanol–water partition coefficient (Wildman–Crippen LogP) is 3.33. The zero-order chi connectivity index (χ0) is 20.4. The van der Waals surface area contributed by atoms with E-state index in [1.54, 1.807) is 34.6 Å². The third-order valence-electron chi connectivity index (χ3n) is 4.71. The normalized spacial score (nSPS) is 14.0. The summed E-state index contributed by atoms with van der Waals surface area (Å²) in [5.74, 6) is 1.23. The maximum atomic E-state index is 12.9. The van der Waals surface area contributed by atoms with Crippen LogP contribution in [-0.2, 0) is 10.0 Å². The lowest BCUT2D eigenvalue weighted by Gasteiger charge is -2.19. The summed E-state index contributed by atoms with van der Waals surface area (Å²) >= 11 is 1.56. The number of rotatable bonds is 6. The van der Waals surface area contributed by atoms with Gasteiger partial charge in [0.25, 0.3) is 0 Å². The van der Waals surface area contributed by atoms with E-state index in [4.69, 9.17) is 5.10 Å². The molecule has 0 saturated heterocycles. The Bertz CT molecular complexity index is 1150. The number of hydrogen-bond donors (Lipinski definition) is 0. The largest absolute Gasteiger partial charge is 0.243 e. The Labute approximate surface area is 174 Å². The summed E-state index contributed by atoms with van der Waals surface area (Å²) in [7, 11) is -3.55.